The average Bonchev–Trinajstić information content (AvgIpc) is 2.91. The number of nitrogens with one attached hydrogen (secondary N) is 2. The Morgan fingerprint density at radius 2 is 2.32 bits per heavy atom. The zero-order valence-electron chi connectivity index (χ0n) is 13.1. The fraction of sp³-hybridized carbons (Fsp3) is 0.588. The lowest BCUT2D eigenvalue weighted by atomic mass is 9.97. The van der Waals surface area contributed by atoms with Gasteiger partial charge in [0.05, 0.1) is 0 Å². The van der Waals surface area contributed by atoms with E-state index >= 15 is 0 Å². The van der Waals surface area contributed by atoms with Crippen LogP contribution in [0.1, 0.15) is 31.7 Å². The minimum Gasteiger partial charge on any atom is -0.356 e. The van der Waals surface area contributed by atoms with E-state index in [1.54, 1.807) is 12.1 Å². The van der Waals surface area contributed by atoms with E-state index in [1.807, 2.05) is 13.0 Å². The second kappa shape index (κ2) is 9.80. The van der Waals surface area contributed by atoms with Gasteiger partial charge in [0.2, 0.25) is 5.91 Å². The lowest BCUT2D eigenvalue weighted by Crippen LogP contribution is -2.28. The third kappa shape index (κ3) is 6.75. The number of carbonyl (C=O) groups excluding carboxylic acids is 1. The Bertz CT molecular complexity index is 464. The number of rotatable bonds is 7. The van der Waals surface area contributed by atoms with Gasteiger partial charge in [0.25, 0.3) is 0 Å². The second-order valence-corrected chi connectivity index (χ2v) is 6.14. The van der Waals surface area contributed by atoms with Crippen LogP contribution in [0.15, 0.2) is 24.3 Å². The molecule has 3 nitrogen and oxygen atoms in total. The minimum absolute atomic E-state index is 0. The molecule has 1 heterocycles. The molecular formula is C17H26ClFN2O. The van der Waals surface area contributed by atoms with Crippen LogP contribution < -0.4 is 10.6 Å². The molecule has 2 atom stereocenters. The molecule has 1 amide bonds. The molecule has 0 spiro atoms. The van der Waals surface area contributed by atoms with Crippen LogP contribution in [0.5, 0.6) is 0 Å². The van der Waals surface area contributed by atoms with Crippen molar-refractivity contribution in [2.45, 2.75) is 32.6 Å². The van der Waals surface area contributed by atoms with Gasteiger partial charge in [-0.15, -0.1) is 12.4 Å². The van der Waals surface area contributed by atoms with Crippen molar-refractivity contribution in [3.05, 3.63) is 35.6 Å². The third-order valence-corrected chi connectivity index (χ3v) is 4.04. The maximum Gasteiger partial charge on any atom is 0.220 e. The summed E-state index contributed by atoms with van der Waals surface area (Å²) >= 11 is 0. The predicted octanol–water partition coefficient (Wildman–Crippen LogP) is 2.93. The van der Waals surface area contributed by atoms with E-state index in [4.69, 9.17) is 0 Å². The van der Waals surface area contributed by atoms with Crippen LogP contribution in [0.4, 0.5) is 4.39 Å². The molecule has 124 valence electrons. The van der Waals surface area contributed by atoms with E-state index in [-0.39, 0.29) is 30.0 Å². The van der Waals surface area contributed by atoms with Gasteiger partial charge in [-0.2, -0.15) is 0 Å². The molecule has 0 saturated carbocycles. The van der Waals surface area contributed by atoms with Crippen molar-refractivity contribution in [2.24, 2.45) is 11.8 Å². The molecule has 1 aliphatic rings. The Morgan fingerprint density at radius 1 is 1.50 bits per heavy atom. The van der Waals surface area contributed by atoms with Gasteiger partial charge in [-0.1, -0.05) is 19.1 Å². The minimum atomic E-state index is -0.214. The molecule has 2 N–H and O–H groups in total. The molecule has 1 saturated heterocycles. The molecule has 22 heavy (non-hydrogen) atoms. The Labute approximate surface area is 138 Å². The molecule has 0 aliphatic carbocycles. The largest absolute Gasteiger partial charge is 0.356 e. The summed E-state index contributed by atoms with van der Waals surface area (Å²) in [6.45, 7) is 4.97. The summed E-state index contributed by atoms with van der Waals surface area (Å²) in [5.41, 5.74) is 0.951. The van der Waals surface area contributed by atoms with Crippen LogP contribution in [0.3, 0.4) is 0 Å². The quantitative estimate of drug-likeness (QED) is 0.808. The summed E-state index contributed by atoms with van der Waals surface area (Å²) < 4.78 is 13.1. The highest BCUT2D eigenvalue weighted by atomic mass is 35.5. The summed E-state index contributed by atoms with van der Waals surface area (Å²) in [5, 5.41) is 6.33. The molecule has 1 aromatic rings. The molecule has 0 aromatic heterocycles. The van der Waals surface area contributed by atoms with Crippen LogP contribution >= 0.6 is 12.4 Å². The highest BCUT2D eigenvalue weighted by molar-refractivity contribution is 5.85. The molecule has 2 unspecified atom stereocenters. The first-order valence-corrected chi connectivity index (χ1v) is 7.85. The number of benzene rings is 1. The fourth-order valence-corrected chi connectivity index (χ4v) is 2.90. The molecular weight excluding hydrogens is 303 g/mol. The van der Waals surface area contributed by atoms with Crippen molar-refractivity contribution in [2.75, 3.05) is 19.6 Å². The Kier molecular flexibility index (Phi) is 8.43. The summed E-state index contributed by atoms with van der Waals surface area (Å²) in [7, 11) is 0. The number of carbonyl (C=O) groups is 1. The lowest BCUT2D eigenvalue weighted by Gasteiger charge is -2.13. The molecule has 5 heteroatoms. The van der Waals surface area contributed by atoms with E-state index < -0.39 is 0 Å². The highest BCUT2D eigenvalue weighted by Gasteiger charge is 2.15. The zero-order valence-corrected chi connectivity index (χ0v) is 13.9. The van der Waals surface area contributed by atoms with Gasteiger partial charge in [-0.25, -0.2) is 4.39 Å². The summed E-state index contributed by atoms with van der Waals surface area (Å²) in [6.07, 6.45) is 3.50. The predicted molar refractivity (Wildman–Crippen MR) is 89.7 cm³/mol. The van der Waals surface area contributed by atoms with Crippen LogP contribution in [-0.4, -0.2) is 25.5 Å². The van der Waals surface area contributed by atoms with Crippen molar-refractivity contribution < 1.29 is 9.18 Å². The van der Waals surface area contributed by atoms with E-state index in [9.17, 15) is 9.18 Å². The maximum atomic E-state index is 13.1. The van der Waals surface area contributed by atoms with Gasteiger partial charge >= 0.3 is 0 Å². The van der Waals surface area contributed by atoms with Gasteiger partial charge in [-0.05, 0) is 61.9 Å². The Hall–Kier alpha value is -1.13. The zero-order chi connectivity index (χ0) is 15.1. The van der Waals surface area contributed by atoms with E-state index in [0.29, 0.717) is 12.3 Å². The number of halogens is 2. The van der Waals surface area contributed by atoms with Gasteiger partial charge in [0, 0.05) is 13.0 Å². The topological polar surface area (TPSA) is 41.1 Å². The molecule has 0 radical (unpaired) electrons. The number of hydrogen-bond donors (Lipinski definition) is 2. The fourth-order valence-electron chi connectivity index (χ4n) is 2.90. The first-order chi connectivity index (χ1) is 10.1. The monoisotopic (exact) mass is 328 g/mol. The summed E-state index contributed by atoms with van der Waals surface area (Å²) in [5.74, 6) is 0.814. The average molecular weight is 329 g/mol. The van der Waals surface area contributed by atoms with Crippen LogP contribution in [0, 0.1) is 17.7 Å². The van der Waals surface area contributed by atoms with Crippen LogP contribution in [-0.2, 0) is 11.2 Å². The molecule has 1 aromatic carbocycles. The molecule has 2 rings (SSSR count). The van der Waals surface area contributed by atoms with Crippen LogP contribution in [0.25, 0.3) is 0 Å². The Balaban J connectivity index is 0.00000242. The smallest absolute Gasteiger partial charge is 0.220 e. The van der Waals surface area contributed by atoms with E-state index in [1.165, 1.54) is 12.5 Å². The van der Waals surface area contributed by atoms with Gasteiger partial charge < -0.3 is 10.6 Å². The second-order valence-electron chi connectivity index (χ2n) is 6.14. The molecule has 1 fully saturated rings. The first-order valence-electron chi connectivity index (χ1n) is 7.85. The first kappa shape index (κ1) is 18.9. The molecule has 1 aliphatic heterocycles. The maximum absolute atomic E-state index is 13.1. The number of hydrogen-bond acceptors (Lipinski definition) is 2. The summed E-state index contributed by atoms with van der Waals surface area (Å²) in [6, 6.07) is 6.61. The standard InChI is InChI=1S/C17H25FN2O.ClH/c1-13(9-15-3-2-4-16(18)11-15)10-17(21)20-8-6-14-5-7-19-12-14;/h2-4,11,13-14,19H,5-10,12H2,1H3,(H,20,21);1H. The van der Waals surface area contributed by atoms with Gasteiger partial charge in [0.1, 0.15) is 5.82 Å². The lowest BCUT2D eigenvalue weighted by molar-refractivity contribution is -0.121. The summed E-state index contributed by atoms with van der Waals surface area (Å²) in [4.78, 5) is 11.9. The molecule has 0 bridgehead atoms. The van der Waals surface area contributed by atoms with Crippen molar-refractivity contribution >= 4 is 18.3 Å². The normalized spacial score (nSPS) is 18.5. The Morgan fingerprint density at radius 3 is 3.00 bits per heavy atom. The van der Waals surface area contributed by atoms with Crippen molar-refractivity contribution in [3.63, 3.8) is 0 Å². The third-order valence-electron chi connectivity index (χ3n) is 4.04. The van der Waals surface area contributed by atoms with Crippen molar-refractivity contribution in [1.29, 1.82) is 0 Å². The van der Waals surface area contributed by atoms with Gasteiger partial charge in [-0.3, -0.25) is 4.79 Å². The SMILES string of the molecule is CC(CC(=O)NCCC1CCNC1)Cc1cccc(F)c1.Cl. The number of amides is 1. The van der Waals surface area contributed by atoms with Crippen molar-refractivity contribution in [3.8, 4) is 0 Å². The van der Waals surface area contributed by atoms with E-state index in [2.05, 4.69) is 10.6 Å². The van der Waals surface area contributed by atoms with Crippen LogP contribution in [0.2, 0.25) is 0 Å². The van der Waals surface area contributed by atoms with Crippen molar-refractivity contribution in [1.82, 2.24) is 10.6 Å². The van der Waals surface area contributed by atoms with Gasteiger partial charge in [0.15, 0.2) is 0 Å². The van der Waals surface area contributed by atoms with E-state index in [0.717, 1.165) is 38.0 Å². The highest BCUT2D eigenvalue weighted by Crippen LogP contribution is 2.14.